The number of carbonyl (C=O) groups excluding carboxylic acids is 1. The molecule has 0 aliphatic carbocycles. The smallest absolute Gasteiger partial charge is 0.336 e. The summed E-state index contributed by atoms with van der Waals surface area (Å²) in [6, 6.07) is 7.07. The van der Waals surface area contributed by atoms with Crippen LogP contribution < -0.4 is 16.6 Å². The van der Waals surface area contributed by atoms with Gasteiger partial charge in [0, 0.05) is 6.04 Å². The Morgan fingerprint density at radius 3 is 2.64 bits per heavy atom. The maximum atomic E-state index is 14.1. The first-order valence-electron chi connectivity index (χ1n) is 7.67. The van der Waals surface area contributed by atoms with E-state index in [9.17, 15) is 18.8 Å². The molecule has 0 radical (unpaired) electrons. The quantitative estimate of drug-likeness (QED) is 0.771. The number of nitrogens with one attached hydrogen (secondary N) is 1. The SMILES string of the molecule is CC(C)NC(=O)Cn1c(=O)n(-c2ccccc2F)c(=O)c2sccc21. The molecule has 0 unspecified atom stereocenters. The largest absolute Gasteiger partial charge is 0.352 e. The van der Waals surface area contributed by atoms with Gasteiger partial charge < -0.3 is 5.32 Å². The summed E-state index contributed by atoms with van der Waals surface area (Å²) in [7, 11) is 0. The van der Waals surface area contributed by atoms with Gasteiger partial charge in [-0.15, -0.1) is 11.3 Å². The Hall–Kier alpha value is -2.74. The Kier molecular flexibility index (Phi) is 4.54. The second-order valence-electron chi connectivity index (χ2n) is 5.82. The molecule has 0 saturated heterocycles. The first kappa shape index (κ1) is 17.1. The van der Waals surface area contributed by atoms with Crippen molar-refractivity contribution in [3.05, 3.63) is 62.4 Å². The Balaban J connectivity index is 2.26. The molecule has 0 saturated carbocycles. The van der Waals surface area contributed by atoms with Crippen LogP contribution in [0, 0.1) is 5.82 Å². The van der Waals surface area contributed by atoms with Crippen LogP contribution in [-0.2, 0) is 11.3 Å². The number of hydrogen-bond donors (Lipinski definition) is 1. The highest BCUT2D eigenvalue weighted by atomic mass is 32.1. The zero-order valence-corrected chi connectivity index (χ0v) is 14.5. The first-order valence-corrected chi connectivity index (χ1v) is 8.55. The maximum absolute atomic E-state index is 14.1. The molecular formula is C17H16FN3O3S. The van der Waals surface area contributed by atoms with Crippen molar-refractivity contribution in [2.24, 2.45) is 0 Å². The second-order valence-corrected chi connectivity index (χ2v) is 6.73. The summed E-state index contributed by atoms with van der Waals surface area (Å²) >= 11 is 1.15. The topological polar surface area (TPSA) is 73.1 Å². The Morgan fingerprint density at radius 2 is 1.96 bits per heavy atom. The van der Waals surface area contributed by atoms with Gasteiger partial charge in [0.15, 0.2) is 0 Å². The normalized spacial score (nSPS) is 11.2. The predicted molar refractivity (Wildman–Crippen MR) is 94.9 cm³/mol. The standard InChI is InChI=1S/C17H16FN3O3S/c1-10(2)19-14(22)9-20-13-7-8-25-15(13)16(23)21(17(20)24)12-6-4-3-5-11(12)18/h3-8,10H,9H2,1-2H3,(H,19,22). The van der Waals surface area contributed by atoms with E-state index in [1.54, 1.807) is 31.4 Å². The number of para-hydroxylation sites is 1. The van der Waals surface area contributed by atoms with Gasteiger partial charge in [0.2, 0.25) is 5.91 Å². The van der Waals surface area contributed by atoms with Gasteiger partial charge in [-0.05, 0) is 37.4 Å². The molecule has 0 fully saturated rings. The molecule has 25 heavy (non-hydrogen) atoms. The van der Waals surface area contributed by atoms with Crippen molar-refractivity contribution in [2.75, 3.05) is 0 Å². The van der Waals surface area contributed by atoms with Crippen molar-refractivity contribution >= 4 is 27.5 Å². The minimum Gasteiger partial charge on any atom is -0.352 e. The third kappa shape index (κ3) is 3.12. The second kappa shape index (κ2) is 6.64. The minimum atomic E-state index is -0.750. The van der Waals surface area contributed by atoms with Crippen molar-refractivity contribution in [3.63, 3.8) is 0 Å². The van der Waals surface area contributed by atoms with E-state index in [0.29, 0.717) is 10.2 Å². The summed E-state index contributed by atoms with van der Waals surface area (Å²) in [4.78, 5) is 37.6. The van der Waals surface area contributed by atoms with Crippen molar-refractivity contribution in [1.29, 1.82) is 0 Å². The zero-order valence-electron chi connectivity index (χ0n) is 13.7. The van der Waals surface area contributed by atoms with Crippen molar-refractivity contribution < 1.29 is 9.18 Å². The lowest BCUT2D eigenvalue weighted by Crippen LogP contribution is -2.42. The van der Waals surface area contributed by atoms with Gasteiger partial charge in [0.05, 0.1) is 11.2 Å². The van der Waals surface area contributed by atoms with Gasteiger partial charge in [0.1, 0.15) is 17.1 Å². The molecule has 0 bridgehead atoms. The van der Waals surface area contributed by atoms with E-state index in [1.807, 2.05) is 0 Å². The predicted octanol–water partition coefficient (Wildman–Crippen LogP) is 1.88. The lowest BCUT2D eigenvalue weighted by molar-refractivity contribution is -0.122. The fourth-order valence-corrected chi connectivity index (χ4v) is 3.42. The van der Waals surface area contributed by atoms with Crippen LogP contribution >= 0.6 is 11.3 Å². The average Bonchev–Trinajstić information content (AvgIpc) is 3.02. The van der Waals surface area contributed by atoms with E-state index in [4.69, 9.17) is 0 Å². The van der Waals surface area contributed by atoms with Crippen LogP contribution in [-0.4, -0.2) is 21.1 Å². The molecule has 0 aliphatic rings. The highest BCUT2D eigenvalue weighted by molar-refractivity contribution is 7.17. The first-order chi connectivity index (χ1) is 11.9. The number of rotatable bonds is 4. The van der Waals surface area contributed by atoms with Gasteiger partial charge in [-0.1, -0.05) is 12.1 Å². The fraction of sp³-hybridized carbons (Fsp3) is 0.235. The summed E-state index contributed by atoms with van der Waals surface area (Å²) in [5.41, 5.74) is -1.11. The molecule has 8 heteroatoms. The van der Waals surface area contributed by atoms with E-state index >= 15 is 0 Å². The molecule has 6 nitrogen and oxygen atoms in total. The molecule has 1 N–H and O–H groups in total. The molecule has 2 aromatic heterocycles. The van der Waals surface area contributed by atoms with Gasteiger partial charge in [-0.2, -0.15) is 0 Å². The van der Waals surface area contributed by atoms with Gasteiger partial charge >= 0.3 is 5.69 Å². The molecule has 0 atom stereocenters. The van der Waals surface area contributed by atoms with Crippen LogP contribution in [0.5, 0.6) is 0 Å². The zero-order chi connectivity index (χ0) is 18.1. The summed E-state index contributed by atoms with van der Waals surface area (Å²) in [6.07, 6.45) is 0. The number of thiophene rings is 1. The summed E-state index contributed by atoms with van der Waals surface area (Å²) in [5, 5.41) is 4.36. The van der Waals surface area contributed by atoms with Crippen LogP contribution in [0.15, 0.2) is 45.3 Å². The number of hydrogen-bond acceptors (Lipinski definition) is 4. The Morgan fingerprint density at radius 1 is 1.24 bits per heavy atom. The number of benzene rings is 1. The van der Waals surface area contributed by atoms with E-state index in [1.165, 1.54) is 22.8 Å². The van der Waals surface area contributed by atoms with Gasteiger partial charge in [0.25, 0.3) is 5.56 Å². The molecule has 0 aliphatic heterocycles. The van der Waals surface area contributed by atoms with E-state index in [-0.39, 0.29) is 24.2 Å². The number of amides is 1. The van der Waals surface area contributed by atoms with Crippen LogP contribution in [0.2, 0.25) is 0 Å². The molecule has 1 aromatic carbocycles. The van der Waals surface area contributed by atoms with Gasteiger partial charge in [-0.25, -0.2) is 13.8 Å². The van der Waals surface area contributed by atoms with Crippen molar-refractivity contribution in [1.82, 2.24) is 14.5 Å². The number of carbonyl (C=O) groups is 1. The van der Waals surface area contributed by atoms with E-state index < -0.39 is 17.1 Å². The molecule has 3 rings (SSSR count). The molecule has 0 spiro atoms. The van der Waals surface area contributed by atoms with Crippen LogP contribution in [0.3, 0.4) is 0 Å². The summed E-state index contributed by atoms with van der Waals surface area (Å²) in [6.45, 7) is 3.36. The summed E-state index contributed by atoms with van der Waals surface area (Å²) in [5.74, 6) is -1.04. The number of aromatic nitrogens is 2. The third-order valence-electron chi connectivity index (χ3n) is 3.60. The Bertz CT molecular complexity index is 1060. The van der Waals surface area contributed by atoms with Crippen molar-refractivity contribution in [2.45, 2.75) is 26.4 Å². The lowest BCUT2D eigenvalue weighted by atomic mass is 10.3. The highest BCUT2D eigenvalue weighted by Gasteiger charge is 2.19. The molecule has 130 valence electrons. The van der Waals surface area contributed by atoms with Crippen LogP contribution in [0.25, 0.3) is 15.9 Å². The number of nitrogens with zero attached hydrogens (tertiary/aromatic N) is 2. The molecule has 2 heterocycles. The van der Waals surface area contributed by atoms with Crippen LogP contribution in [0.4, 0.5) is 4.39 Å². The van der Waals surface area contributed by atoms with Crippen molar-refractivity contribution in [3.8, 4) is 5.69 Å². The van der Waals surface area contributed by atoms with E-state index in [2.05, 4.69) is 5.32 Å². The van der Waals surface area contributed by atoms with Crippen LogP contribution in [0.1, 0.15) is 13.8 Å². The van der Waals surface area contributed by atoms with Gasteiger partial charge in [-0.3, -0.25) is 14.2 Å². The monoisotopic (exact) mass is 361 g/mol. The number of halogens is 1. The fourth-order valence-electron chi connectivity index (χ4n) is 2.60. The summed E-state index contributed by atoms with van der Waals surface area (Å²) < 4.78 is 16.4. The third-order valence-corrected chi connectivity index (χ3v) is 4.49. The molecule has 3 aromatic rings. The minimum absolute atomic E-state index is 0.0846. The Labute approximate surface area is 146 Å². The maximum Gasteiger partial charge on any atom is 0.336 e. The highest BCUT2D eigenvalue weighted by Crippen LogP contribution is 2.17. The number of fused-ring (bicyclic) bond motifs is 1. The molecular weight excluding hydrogens is 345 g/mol. The molecule has 1 amide bonds. The lowest BCUT2D eigenvalue weighted by Gasteiger charge is -2.13. The average molecular weight is 361 g/mol. The van der Waals surface area contributed by atoms with E-state index in [0.717, 1.165) is 15.9 Å².